The van der Waals surface area contributed by atoms with Crippen molar-refractivity contribution in [3.05, 3.63) is 48.6 Å². The van der Waals surface area contributed by atoms with Crippen molar-refractivity contribution >= 4 is 18.2 Å². The summed E-state index contributed by atoms with van der Waals surface area (Å²) in [4.78, 5) is 26.8. The third-order valence-corrected chi connectivity index (χ3v) is 5.79. The van der Waals surface area contributed by atoms with Crippen LogP contribution in [0.5, 0.6) is 0 Å². The number of allylic oxidation sites excluding steroid dienone is 2. The molecule has 2 saturated heterocycles. The molecule has 0 spiro atoms. The number of amides is 2. The Morgan fingerprint density at radius 2 is 2.03 bits per heavy atom. The molecule has 1 aromatic rings. The predicted molar refractivity (Wildman–Crippen MR) is 111 cm³/mol. The number of alkyl halides is 3. The minimum Gasteiger partial charge on any atom is -0.375 e. The quantitative estimate of drug-likeness (QED) is 0.772. The van der Waals surface area contributed by atoms with Crippen LogP contribution in [-0.2, 0) is 0 Å². The number of halogens is 3. The molecule has 2 atom stereocenters. The first-order chi connectivity index (χ1) is 14.9. The van der Waals surface area contributed by atoms with E-state index in [-0.39, 0.29) is 25.0 Å². The summed E-state index contributed by atoms with van der Waals surface area (Å²) < 4.78 is 39.8. The van der Waals surface area contributed by atoms with Gasteiger partial charge in [0.1, 0.15) is 18.0 Å². The first kappa shape index (κ1) is 21.2. The Bertz CT molecular complexity index is 870. The number of anilines is 1. The minimum atomic E-state index is -4.23. The van der Waals surface area contributed by atoms with E-state index in [1.165, 1.54) is 11.2 Å². The number of hydrogen-bond acceptors (Lipinski definition) is 5. The van der Waals surface area contributed by atoms with Crippen molar-refractivity contribution in [3.63, 3.8) is 0 Å². The summed E-state index contributed by atoms with van der Waals surface area (Å²) in [6.45, 7) is 1.80. The average molecular weight is 434 g/mol. The predicted octanol–water partition coefficient (Wildman–Crippen LogP) is 3.66. The highest BCUT2D eigenvalue weighted by molar-refractivity contribution is 5.96. The van der Waals surface area contributed by atoms with Gasteiger partial charge in [0.25, 0.3) is 0 Å². The molecule has 3 aliphatic rings. The fourth-order valence-corrected chi connectivity index (χ4v) is 4.11. The number of likely N-dealkylation sites (tertiary alicyclic amines) is 1. The molecule has 1 N–H and O–H groups in total. The van der Waals surface area contributed by atoms with E-state index >= 15 is 0 Å². The van der Waals surface area contributed by atoms with E-state index in [0.717, 1.165) is 13.0 Å². The molecule has 31 heavy (non-hydrogen) atoms. The molecule has 2 bridgehead atoms. The summed E-state index contributed by atoms with van der Waals surface area (Å²) in [6, 6.07) is 4.75. The van der Waals surface area contributed by atoms with Crippen LogP contribution in [0.1, 0.15) is 19.3 Å². The number of rotatable bonds is 2. The van der Waals surface area contributed by atoms with Crippen molar-refractivity contribution in [3.8, 4) is 0 Å². The van der Waals surface area contributed by atoms with Crippen molar-refractivity contribution in [2.75, 3.05) is 31.5 Å². The van der Waals surface area contributed by atoms with Crippen LogP contribution in [0.15, 0.2) is 53.6 Å². The molecule has 1 aromatic heterocycles. The molecule has 0 unspecified atom stereocenters. The number of nitrogens with one attached hydrogen (secondary N) is 1. The largest absolute Gasteiger partial charge is 0.393 e. The van der Waals surface area contributed by atoms with Gasteiger partial charge in [-0.1, -0.05) is 6.07 Å². The standard InChI is InChI=1S/C21H25F3N6O/c22-21(23,24)16-5-3-11-29(13-16)19-7-4-10-28-12-8-17(14-28)30(15-26-19)20(31)27-18-6-1-2-9-25-18/h1-2,4,6-7,9-10,15-17H,3,5,8,11-14H2,(H,25,27,31)/t16-,17-/m0/s1. The molecule has 0 aromatic carbocycles. The van der Waals surface area contributed by atoms with E-state index in [1.54, 1.807) is 35.4 Å². The number of aliphatic imine (C=N–C) groups is 1. The molecule has 10 heteroatoms. The average Bonchev–Trinajstić information content (AvgIpc) is 3.20. The Morgan fingerprint density at radius 3 is 2.81 bits per heavy atom. The first-order valence-corrected chi connectivity index (χ1v) is 10.4. The summed E-state index contributed by atoms with van der Waals surface area (Å²) in [6.07, 6.45) is 5.56. The third-order valence-electron chi connectivity index (χ3n) is 5.79. The summed E-state index contributed by atoms with van der Waals surface area (Å²) in [5.74, 6) is -0.531. The number of urea groups is 1. The van der Waals surface area contributed by atoms with E-state index in [1.807, 2.05) is 12.3 Å². The summed E-state index contributed by atoms with van der Waals surface area (Å²) in [7, 11) is 0. The van der Waals surface area contributed by atoms with E-state index < -0.39 is 12.1 Å². The molecule has 4 rings (SSSR count). The molecule has 0 saturated carbocycles. The normalized spacial score (nSPS) is 24.2. The van der Waals surface area contributed by atoms with Gasteiger partial charge in [0.05, 0.1) is 12.0 Å². The molecular formula is C21H25F3N6O. The van der Waals surface area contributed by atoms with Crippen LogP contribution < -0.4 is 5.32 Å². The van der Waals surface area contributed by atoms with Gasteiger partial charge in [-0.05, 0) is 49.7 Å². The Kier molecular flexibility index (Phi) is 6.15. The fraction of sp³-hybridized carbons (Fsp3) is 0.476. The lowest BCUT2D eigenvalue weighted by atomic mass is 9.97. The highest BCUT2D eigenvalue weighted by Crippen LogP contribution is 2.34. The van der Waals surface area contributed by atoms with Gasteiger partial charge < -0.3 is 9.80 Å². The molecule has 2 fully saturated rings. The topological polar surface area (TPSA) is 64.1 Å². The van der Waals surface area contributed by atoms with Gasteiger partial charge in [0.2, 0.25) is 0 Å². The number of hydrogen-bond donors (Lipinski definition) is 1. The first-order valence-electron chi connectivity index (χ1n) is 10.4. The van der Waals surface area contributed by atoms with E-state index in [4.69, 9.17) is 0 Å². The van der Waals surface area contributed by atoms with E-state index in [9.17, 15) is 18.0 Å². The van der Waals surface area contributed by atoms with Crippen LogP contribution in [0.4, 0.5) is 23.8 Å². The summed E-state index contributed by atoms with van der Waals surface area (Å²) >= 11 is 0. The van der Waals surface area contributed by atoms with Gasteiger partial charge in [0, 0.05) is 32.4 Å². The number of nitrogens with zero attached hydrogens (tertiary/aromatic N) is 5. The lowest BCUT2D eigenvalue weighted by Gasteiger charge is -2.35. The number of pyridine rings is 1. The SMILES string of the molecule is O=C(Nc1ccccn1)N1C=NC(N2CCC[C@H](C(F)(F)F)C2)=CC=CN2CC[C@H]1C2. The smallest absolute Gasteiger partial charge is 0.375 e. The number of fused-ring (bicyclic) bond motifs is 2. The zero-order valence-electron chi connectivity index (χ0n) is 17.0. The zero-order chi connectivity index (χ0) is 21.8. The van der Waals surface area contributed by atoms with Gasteiger partial charge in [-0.15, -0.1) is 0 Å². The van der Waals surface area contributed by atoms with Crippen LogP contribution in [0.2, 0.25) is 0 Å². The molecule has 0 radical (unpaired) electrons. The third kappa shape index (κ3) is 5.18. The summed E-state index contributed by atoms with van der Waals surface area (Å²) in [5.41, 5.74) is 0. The van der Waals surface area contributed by atoms with Gasteiger partial charge in [-0.3, -0.25) is 10.2 Å². The van der Waals surface area contributed by atoms with Crippen molar-refractivity contribution in [1.82, 2.24) is 19.7 Å². The van der Waals surface area contributed by atoms with Crippen LogP contribution in [0.3, 0.4) is 0 Å². The Balaban J connectivity index is 1.56. The number of carbonyl (C=O) groups is 1. The fourth-order valence-electron chi connectivity index (χ4n) is 4.11. The van der Waals surface area contributed by atoms with Crippen molar-refractivity contribution in [2.45, 2.75) is 31.5 Å². The van der Waals surface area contributed by atoms with Crippen LogP contribution in [0.25, 0.3) is 0 Å². The zero-order valence-corrected chi connectivity index (χ0v) is 17.0. The van der Waals surface area contributed by atoms with Crippen molar-refractivity contribution < 1.29 is 18.0 Å². The Morgan fingerprint density at radius 1 is 1.16 bits per heavy atom. The second kappa shape index (κ2) is 8.99. The maximum absolute atomic E-state index is 13.3. The van der Waals surface area contributed by atoms with Crippen molar-refractivity contribution in [2.24, 2.45) is 10.9 Å². The Hall–Kier alpha value is -3.04. The van der Waals surface area contributed by atoms with Gasteiger partial charge in [0.15, 0.2) is 0 Å². The minimum absolute atomic E-state index is 0.0965. The lowest BCUT2D eigenvalue weighted by molar-refractivity contribution is -0.185. The molecule has 3 aliphatic heterocycles. The van der Waals surface area contributed by atoms with Gasteiger partial charge in [-0.25, -0.2) is 14.8 Å². The molecule has 166 valence electrons. The second-order valence-electron chi connectivity index (χ2n) is 7.93. The lowest BCUT2D eigenvalue weighted by Crippen LogP contribution is -2.44. The van der Waals surface area contributed by atoms with Crippen molar-refractivity contribution in [1.29, 1.82) is 0 Å². The molecule has 0 aliphatic carbocycles. The molecule has 7 nitrogen and oxygen atoms in total. The number of aromatic nitrogens is 1. The molecular weight excluding hydrogens is 409 g/mol. The molecule has 2 amide bonds. The maximum atomic E-state index is 13.3. The molecule has 4 heterocycles. The van der Waals surface area contributed by atoms with Crippen LogP contribution in [-0.4, -0.2) is 70.5 Å². The monoisotopic (exact) mass is 434 g/mol. The maximum Gasteiger partial charge on any atom is 0.393 e. The van der Waals surface area contributed by atoms with E-state index in [0.29, 0.717) is 31.1 Å². The second-order valence-corrected chi connectivity index (χ2v) is 7.93. The van der Waals surface area contributed by atoms with E-state index in [2.05, 4.69) is 20.2 Å². The Labute approximate surface area is 178 Å². The highest BCUT2D eigenvalue weighted by Gasteiger charge is 2.42. The number of piperidine rings is 1. The summed E-state index contributed by atoms with van der Waals surface area (Å²) in [5, 5.41) is 2.77. The van der Waals surface area contributed by atoms with Crippen LogP contribution >= 0.6 is 0 Å². The van der Waals surface area contributed by atoms with Crippen LogP contribution in [0, 0.1) is 5.92 Å². The number of carbonyl (C=O) groups excluding carboxylic acids is 1. The van der Waals surface area contributed by atoms with Gasteiger partial charge in [-0.2, -0.15) is 13.2 Å². The highest BCUT2D eigenvalue weighted by atomic mass is 19.4. The van der Waals surface area contributed by atoms with Gasteiger partial charge >= 0.3 is 12.2 Å².